The van der Waals surface area contributed by atoms with Crippen LogP contribution in [0.3, 0.4) is 0 Å². The summed E-state index contributed by atoms with van der Waals surface area (Å²) in [6.07, 6.45) is 7.18. The highest BCUT2D eigenvalue weighted by molar-refractivity contribution is 7.22. The van der Waals surface area contributed by atoms with Crippen molar-refractivity contribution in [1.82, 2.24) is 30.9 Å². The summed E-state index contributed by atoms with van der Waals surface area (Å²) in [6, 6.07) is 6.16. The Hall–Kier alpha value is -3.19. The van der Waals surface area contributed by atoms with Gasteiger partial charge in [0, 0.05) is 49.0 Å². The number of nitrogens with zero attached hydrogens (tertiary/aromatic N) is 3. The molecule has 3 atom stereocenters. The Morgan fingerprint density at radius 2 is 1.95 bits per heavy atom. The van der Waals surface area contributed by atoms with Gasteiger partial charge >= 0.3 is 6.03 Å². The number of ether oxygens (including phenoxy) is 1. The first-order valence-corrected chi connectivity index (χ1v) is 14.8. The van der Waals surface area contributed by atoms with Gasteiger partial charge in [0.1, 0.15) is 6.61 Å². The van der Waals surface area contributed by atoms with E-state index in [-0.39, 0.29) is 42.7 Å². The number of anilines is 1. The average molecular weight is 568 g/mol. The molecule has 2 aliphatic carbocycles. The summed E-state index contributed by atoms with van der Waals surface area (Å²) >= 11 is 1.45. The third-order valence-corrected chi connectivity index (χ3v) is 8.37. The molecule has 40 heavy (non-hydrogen) atoms. The highest BCUT2D eigenvalue weighted by Gasteiger charge is 2.35. The standard InChI is InChI=1S/C28H37N7O4S/c1-3-29-27(38)32-12-16(2)33-20-9-18(10-20)26(37)35-28-34-21-8-7-17(11-24(21)40-28)19-13-30-25(31-14-19)15-39-23-6-4-5-22(23)36/h7-8,11,13-14,16,18,20,22-23,33,36H,3-6,9-10,12,15H2,1-2H3,(H2,29,32,38)(H,34,35,37)/t16-,18-,20+,22-,23-/m0/s1. The molecule has 12 heteroatoms. The molecule has 0 bridgehead atoms. The Labute approximate surface area is 237 Å². The number of carbonyl (C=O) groups is 2. The molecule has 11 nitrogen and oxygen atoms in total. The van der Waals surface area contributed by atoms with Crippen molar-refractivity contribution in [3.63, 3.8) is 0 Å². The normalized spacial score (nSPS) is 23.0. The van der Waals surface area contributed by atoms with E-state index in [1.807, 2.05) is 32.0 Å². The highest BCUT2D eigenvalue weighted by Crippen LogP contribution is 2.33. The van der Waals surface area contributed by atoms with Crippen molar-refractivity contribution in [2.45, 2.75) is 76.9 Å². The molecule has 2 saturated carbocycles. The van der Waals surface area contributed by atoms with Crippen molar-refractivity contribution in [3.05, 3.63) is 36.4 Å². The van der Waals surface area contributed by atoms with Gasteiger partial charge in [0.2, 0.25) is 5.91 Å². The van der Waals surface area contributed by atoms with Crippen LogP contribution in [0.5, 0.6) is 0 Å². The lowest BCUT2D eigenvalue weighted by Gasteiger charge is -2.36. The predicted octanol–water partition coefficient (Wildman–Crippen LogP) is 3.20. The first-order valence-electron chi connectivity index (χ1n) is 14.0. The van der Waals surface area contributed by atoms with E-state index in [2.05, 4.69) is 36.2 Å². The second kappa shape index (κ2) is 13.0. The summed E-state index contributed by atoms with van der Waals surface area (Å²) in [5.74, 6) is 0.521. The highest BCUT2D eigenvalue weighted by atomic mass is 32.1. The van der Waals surface area contributed by atoms with E-state index < -0.39 is 6.10 Å². The maximum absolute atomic E-state index is 12.8. The molecule has 0 unspecified atom stereocenters. The van der Waals surface area contributed by atoms with E-state index in [0.29, 0.717) is 24.0 Å². The molecule has 0 spiro atoms. The fourth-order valence-corrected chi connectivity index (χ4v) is 6.03. The van der Waals surface area contributed by atoms with Crippen LogP contribution in [-0.2, 0) is 16.1 Å². The quantitative estimate of drug-likeness (QED) is 0.237. The van der Waals surface area contributed by atoms with Crippen LogP contribution in [0.4, 0.5) is 9.93 Å². The first-order chi connectivity index (χ1) is 19.4. The minimum Gasteiger partial charge on any atom is -0.390 e. The van der Waals surface area contributed by atoms with E-state index >= 15 is 0 Å². The molecule has 3 amide bonds. The molecule has 0 radical (unpaired) electrons. The smallest absolute Gasteiger partial charge is 0.314 e. The van der Waals surface area contributed by atoms with Crippen molar-refractivity contribution in [2.24, 2.45) is 5.92 Å². The third-order valence-electron chi connectivity index (χ3n) is 7.44. The van der Waals surface area contributed by atoms with Gasteiger partial charge in [-0.2, -0.15) is 0 Å². The number of thiazole rings is 1. The van der Waals surface area contributed by atoms with Gasteiger partial charge in [-0.15, -0.1) is 0 Å². The second-order valence-electron chi connectivity index (χ2n) is 10.6. The number of amides is 3. The number of aliphatic hydroxyl groups is 1. The molecular weight excluding hydrogens is 530 g/mol. The van der Waals surface area contributed by atoms with Gasteiger partial charge < -0.3 is 31.1 Å². The molecule has 1 aromatic carbocycles. The fraction of sp³-hybridized carbons (Fsp3) is 0.536. The summed E-state index contributed by atoms with van der Waals surface area (Å²) in [6.45, 7) is 5.31. The van der Waals surface area contributed by atoms with Crippen LogP contribution >= 0.6 is 11.3 Å². The Bertz CT molecular complexity index is 1310. The maximum atomic E-state index is 12.8. The molecular formula is C28H37N7O4S. The van der Waals surface area contributed by atoms with Crippen LogP contribution in [0.1, 0.15) is 51.8 Å². The number of aromatic nitrogens is 3. The molecule has 2 heterocycles. The van der Waals surface area contributed by atoms with Gasteiger partial charge in [-0.3, -0.25) is 4.79 Å². The van der Waals surface area contributed by atoms with Crippen molar-refractivity contribution in [2.75, 3.05) is 18.4 Å². The molecule has 5 N–H and O–H groups in total. The zero-order valence-corrected chi connectivity index (χ0v) is 23.7. The number of hydrogen-bond donors (Lipinski definition) is 5. The summed E-state index contributed by atoms with van der Waals surface area (Å²) in [4.78, 5) is 37.8. The van der Waals surface area contributed by atoms with Crippen molar-refractivity contribution in [3.8, 4) is 11.1 Å². The number of hydrogen-bond acceptors (Lipinski definition) is 9. The zero-order chi connectivity index (χ0) is 28.1. The number of benzene rings is 1. The van der Waals surface area contributed by atoms with Crippen LogP contribution < -0.4 is 21.3 Å². The number of fused-ring (bicyclic) bond motifs is 1. The van der Waals surface area contributed by atoms with Crippen LogP contribution in [0.25, 0.3) is 21.3 Å². The molecule has 2 aromatic heterocycles. The Kier molecular flexibility index (Phi) is 9.20. The van der Waals surface area contributed by atoms with Crippen LogP contribution in [-0.4, -0.2) is 69.4 Å². The van der Waals surface area contributed by atoms with E-state index in [1.54, 1.807) is 12.4 Å². The summed E-state index contributed by atoms with van der Waals surface area (Å²) in [7, 11) is 0. The molecule has 2 fully saturated rings. The molecule has 0 aliphatic heterocycles. The minimum atomic E-state index is -0.397. The number of carbonyl (C=O) groups excluding carboxylic acids is 2. The van der Waals surface area contributed by atoms with Crippen LogP contribution in [0.2, 0.25) is 0 Å². The molecule has 214 valence electrons. The Morgan fingerprint density at radius 1 is 1.15 bits per heavy atom. The minimum absolute atomic E-state index is 0.0123. The van der Waals surface area contributed by atoms with E-state index in [4.69, 9.17) is 4.74 Å². The lowest BCUT2D eigenvalue weighted by Crippen LogP contribution is -2.52. The summed E-state index contributed by atoms with van der Waals surface area (Å²) in [5, 5.41) is 22.5. The second-order valence-corrected chi connectivity index (χ2v) is 11.6. The van der Waals surface area contributed by atoms with Crippen molar-refractivity contribution >= 4 is 38.6 Å². The summed E-state index contributed by atoms with van der Waals surface area (Å²) < 4.78 is 6.75. The number of nitrogens with one attached hydrogen (secondary N) is 4. The van der Waals surface area contributed by atoms with Crippen molar-refractivity contribution < 1.29 is 19.4 Å². The monoisotopic (exact) mass is 567 g/mol. The number of urea groups is 1. The van der Waals surface area contributed by atoms with E-state index in [0.717, 1.165) is 53.4 Å². The third kappa shape index (κ3) is 7.11. The molecule has 3 aromatic rings. The van der Waals surface area contributed by atoms with Gasteiger partial charge in [0.15, 0.2) is 11.0 Å². The summed E-state index contributed by atoms with van der Waals surface area (Å²) in [5.41, 5.74) is 2.68. The zero-order valence-electron chi connectivity index (χ0n) is 22.9. The van der Waals surface area contributed by atoms with E-state index in [1.165, 1.54) is 11.3 Å². The van der Waals surface area contributed by atoms with E-state index in [9.17, 15) is 14.7 Å². The largest absolute Gasteiger partial charge is 0.390 e. The van der Waals surface area contributed by atoms with Crippen molar-refractivity contribution in [1.29, 1.82) is 0 Å². The predicted molar refractivity (Wildman–Crippen MR) is 154 cm³/mol. The lowest BCUT2D eigenvalue weighted by atomic mass is 9.79. The molecule has 2 aliphatic rings. The van der Waals surface area contributed by atoms with Gasteiger partial charge in [0.05, 0.1) is 22.4 Å². The fourth-order valence-electron chi connectivity index (χ4n) is 5.12. The van der Waals surface area contributed by atoms with Gasteiger partial charge in [0.25, 0.3) is 0 Å². The topological polar surface area (TPSA) is 150 Å². The average Bonchev–Trinajstić information content (AvgIpc) is 3.52. The first kappa shape index (κ1) is 28.3. The Morgan fingerprint density at radius 3 is 2.67 bits per heavy atom. The lowest BCUT2D eigenvalue weighted by molar-refractivity contribution is -0.123. The van der Waals surface area contributed by atoms with Gasteiger partial charge in [-0.05, 0) is 63.6 Å². The number of aliphatic hydroxyl groups excluding tert-OH is 1. The van der Waals surface area contributed by atoms with Gasteiger partial charge in [-0.25, -0.2) is 19.7 Å². The van der Waals surface area contributed by atoms with Crippen LogP contribution in [0, 0.1) is 5.92 Å². The van der Waals surface area contributed by atoms with Crippen LogP contribution in [0.15, 0.2) is 30.6 Å². The SMILES string of the molecule is CCNC(=O)NC[C@H](C)N[C@H]1C[C@@H](C(=O)Nc2nc3ccc(-c4cnc(CO[C@H]5CCC[C@@H]5O)nc4)cc3s2)C1. The Balaban J connectivity index is 1.10. The molecule has 5 rings (SSSR count). The molecule has 0 saturated heterocycles. The number of rotatable bonds is 11. The van der Waals surface area contributed by atoms with Gasteiger partial charge in [-0.1, -0.05) is 17.4 Å². The maximum Gasteiger partial charge on any atom is 0.314 e.